The monoisotopic (exact) mass is 284 g/mol. The van der Waals surface area contributed by atoms with Crippen LogP contribution in [0.4, 0.5) is 0 Å². The normalized spacial score (nSPS) is 12.1. The summed E-state index contributed by atoms with van der Waals surface area (Å²) in [6.45, 7) is 13.2. The molecule has 0 bridgehead atoms. The number of nitrogens with zero attached hydrogens (tertiary/aromatic N) is 2. The van der Waals surface area contributed by atoms with Crippen molar-refractivity contribution < 1.29 is 9.90 Å². The van der Waals surface area contributed by atoms with Crippen molar-refractivity contribution in [2.24, 2.45) is 0 Å². The Hall–Kier alpha value is -0.940. The zero-order valence-corrected chi connectivity index (χ0v) is 13.3. The van der Waals surface area contributed by atoms with Gasteiger partial charge in [-0.25, -0.2) is 9.78 Å². The standard InChI is InChI=1S/C14H24N2O2S/c1-6-16(7-2)9-8-10-15-12(14(3,4)5)11(19-10)13(17)18/h6-9H2,1-5H3,(H,17,18). The second kappa shape index (κ2) is 6.48. The number of aromatic carboxylic acids is 1. The molecule has 0 fully saturated rings. The van der Waals surface area contributed by atoms with Crippen LogP contribution in [-0.4, -0.2) is 40.6 Å². The lowest BCUT2D eigenvalue weighted by atomic mass is 9.91. The Labute approximate surface area is 119 Å². The molecule has 0 saturated heterocycles. The number of carboxylic acid groups (broad SMARTS) is 1. The molecule has 1 aromatic rings. The van der Waals surface area contributed by atoms with Crippen LogP contribution < -0.4 is 0 Å². The number of aromatic nitrogens is 1. The van der Waals surface area contributed by atoms with Gasteiger partial charge in [-0.05, 0) is 13.1 Å². The van der Waals surface area contributed by atoms with E-state index in [9.17, 15) is 9.90 Å². The van der Waals surface area contributed by atoms with E-state index in [1.807, 2.05) is 20.8 Å². The van der Waals surface area contributed by atoms with Crippen LogP contribution in [0, 0.1) is 0 Å². The lowest BCUT2D eigenvalue weighted by Gasteiger charge is -2.17. The lowest BCUT2D eigenvalue weighted by Crippen LogP contribution is -2.25. The molecule has 19 heavy (non-hydrogen) atoms. The number of hydrogen-bond donors (Lipinski definition) is 1. The molecule has 1 heterocycles. The van der Waals surface area contributed by atoms with Gasteiger partial charge in [-0.15, -0.1) is 11.3 Å². The third-order valence-corrected chi connectivity index (χ3v) is 4.22. The smallest absolute Gasteiger partial charge is 0.347 e. The minimum atomic E-state index is -0.864. The minimum absolute atomic E-state index is 0.225. The maximum atomic E-state index is 11.3. The molecule has 1 rings (SSSR count). The molecule has 0 aliphatic heterocycles. The van der Waals surface area contributed by atoms with E-state index in [0.29, 0.717) is 10.6 Å². The predicted octanol–water partition coefficient (Wildman–Crippen LogP) is 3.02. The molecule has 0 aliphatic carbocycles. The zero-order valence-electron chi connectivity index (χ0n) is 12.5. The van der Waals surface area contributed by atoms with E-state index in [-0.39, 0.29) is 5.41 Å². The van der Waals surface area contributed by atoms with Crippen molar-refractivity contribution in [3.05, 3.63) is 15.6 Å². The van der Waals surface area contributed by atoms with Crippen LogP contribution in [0.2, 0.25) is 0 Å². The van der Waals surface area contributed by atoms with Gasteiger partial charge in [0.2, 0.25) is 0 Å². The Morgan fingerprint density at radius 2 is 1.89 bits per heavy atom. The molecule has 4 nitrogen and oxygen atoms in total. The molecule has 0 aromatic carbocycles. The first kappa shape index (κ1) is 16.1. The summed E-state index contributed by atoms with van der Waals surface area (Å²) in [7, 11) is 0. The van der Waals surface area contributed by atoms with Crippen molar-refractivity contribution in [2.45, 2.75) is 46.5 Å². The lowest BCUT2D eigenvalue weighted by molar-refractivity contribution is 0.0699. The average molecular weight is 284 g/mol. The van der Waals surface area contributed by atoms with Gasteiger partial charge >= 0.3 is 5.97 Å². The Kier molecular flexibility index (Phi) is 5.50. The van der Waals surface area contributed by atoms with Crippen LogP contribution in [0.1, 0.15) is 55.0 Å². The second-order valence-corrected chi connectivity index (χ2v) is 6.70. The third kappa shape index (κ3) is 4.28. The van der Waals surface area contributed by atoms with Crippen molar-refractivity contribution in [3.63, 3.8) is 0 Å². The zero-order chi connectivity index (χ0) is 14.6. The van der Waals surface area contributed by atoms with Crippen LogP contribution in [0.15, 0.2) is 0 Å². The van der Waals surface area contributed by atoms with Gasteiger partial charge in [-0.2, -0.15) is 0 Å². The number of carboxylic acids is 1. The molecule has 0 aliphatic rings. The van der Waals surface area contributed by atoms with E-state index in [0.717, 1.165) is 31.1 Å². The van der Waals surface area contributed by atoms with Crippen molar-refractivity contribution in [1.29, 1.82) is 0 Å². The molecule has 108 valence electrons. The summed E-state index contributed by atoms with van der Waals surface area (Å²) < 4.78 is 0. The molecular weight excluding hydrogens is 260 g/mol. The molecule has 0 saturated carbocycles. The summed E-state index contributed by atoms with van der Waals surface area (Å²) in [5.74, 6) is -0.864. The van der Waals surface area contributed by atoms with E-state index in [1.165, 1.54) is 11.3 Å². The molecule has 1 N–H and O–H groups in total. The molecule has 0 spiro atoms. The molecule has 0 radical (unpaired) electrons. The predicted molar refractivity (Wildman–Crippen MR) is 79.3 cm³/mol. The molecule has 0 unspecified atom stereocenters. The van der Waals surface area contributed by atoms with Crippen molar-refractivity contribution in [2.75, 3.05) is 19.6 Å². The van der Waals surface area contributed by atoms with Gasteiger partial charge in [0.25, 0.3) is 0 Å². The van der Waals surface area contributed by atoms with E-state index >= 15 is 0 Å². The van der Waals surface area contributed by atoms with Gasteiger partial charge in [-0.3, -0.25) is 0 Å². The molecular formula is C14H24N2O2S. The van der Waals surface area contributed by atoms with Crippen molar-refractivity contribution >= 4 is 17.3 Å². The summed E-state index contributed by atoms with van der Waals surface area (Å²) >= 11 is 1.32. The number of carbonyl (C=O) groups is 1. The highest BCUT2D eigenvalue weighted by molar-refractivity contribution is 7.13. The number of thiazole rings is 1. The fourth-order valence-electron chi connectivity index (χ4n) is 1.92. The highest BCUT2D eigenvalue weighted by Gasteiger charge is 2.26. The molecule has 0 atom stereocenters. The van der Waals surface area contributed by atoms with Gasteiger partial charge < -0.3 is 10.0 Å². The van der Waals surface area contributed by atoms with Crippen LogP contribution in [0.5, 0.6) is 0 Å². The van der Waals surface area contributed by atoms with Crippen molar-refractivity contribution in [3.8, 4) is 0 Å². The summed E-state index contributed by atoms with van der Waals surface area (Å²) in [4.78, 5) is 18.6. The Bertz CT molecular complexity index is 431. The topological polar surface area (TPSA) is 53.4 Å². The van der Waals surface area contributed by atoms with Crippen LogP contribution in [0.3, 0.4) is 0 Å². The highest BCUT2D eigenvalue weighted by Crippen LogP contribution is 2.29. The number of rotatable bonds is 6. The Morgan fingerprint density at radius 1 is 1.32 bits per heavy atom. The summed E-state index contributed by atoms with van der Waals surface area (Å²) in [6, 6.07) is 0. The number of hydrogen-bond acceptors (Lipinski definition) is 4. The van der Waals surface area contributed by atoms with Gasteiger partial charge in [0.1, 0.15) is 4.88 Å². The summed E-state index contributed by atoms with van der Waals surface area (Å²) in [6.07, 6.45) is 0.822. The van der Waals surface area contributed by atoms with E-state index in [1.54, 1.807) is 0 Å². The van der Waals surface area contributed by atoms with Crippen LogP contribution >= 0.6 is 11.3 Å². The largest absolute Gasteiger partial charge is 0.477 e. The average Bonchev–Trinajstić information content (AvgIpc) is 2.74. The van der Waals surface area contributed by atoms with E-state index in [4.69, 9.17) is 0 Å². The fraction of sp³-hybridized carbons (Fsp3) is 0.714. The van der Waals surface area contributed by atoms with Gasteiger partial charge in [0, 0.05) is 18.4 Å². The number of likely N-dealkylation sites (N-methyl/N-ethyl adjacent to an activating group) is 1. The SMILES string of the molecule is CCN(CC)CCc1nc(C(C)(C)C)c(C(=O)O)s1. The van der Waals surface area contributed by atoms with E-state index < -0.39 is 5.97 Å². The molecule has 0 amide bonds. The first-order valence-electron chi connectivity index (χ1n) is 6.75. The second-order valence-electron chi connectivity index (χ2n) is 5.62. The highest BCUT2D eigenvalue weighted by atomic mass is 32.1. The first-order valence-corrected chi connectivity index (χ1v) is 7.57. The molecule has 1 aromatic heterocycles. The quantitative estimate of drug-likeness (QED) is 0.872. The third-order valence-electron chi connectivity index (χ3n) is 3.11. The maximum Gasteiger partial charge on any atom is 0.347 e. The van der Waals surface area contributed by atoms with Crippen molar-refractivity contribution in [1.82, 2.24) is 9.88 Å². The minimum Gasteiger partial charge on any atom is -0.477 e. The first-order chi connectivity index (χ1) is 8.79. The van der Waals surface area contributed by atoms with Crippen LogP contribution in [0.25, 0.3) is 0 Å². The summed E-state index contributed by atoms with van der Waals surface area (Å²) in [5, 5.41) is 10.2. The van der Waals surface area contributed by atoms with Gasteiger partial charge in [-0.1, -0.05) is 34.6 Å². The van der Waals surface area contributed by atoms with Gasteiger partial charge in [0.15, 0.2) is 0 Å². The maximum absolute atomic E-state index is 11.3. The van der Waals surface area contributed by atoms with E-state index in [2.05, 4.69) is 23.7 Å². The summed E-state index contributed by atoms with van der Waals surface area (Å²) in [5.41, 5.74) is 0.483. The Morgan fingerprint density at radius 3 is 2.26 bits per heavy atom. The Balaban J connectivity index is 2.90. The van der Waals surface area contributed by atoms with Crippen LogP contribution in [-0.2, 0) is 11.8 Å². The van der Waals surface area contributed by atoms with Gasteiger partial charge in [0.05, 0.1) is 10.7 Å². The fourth-order valence-corrected chi connectivity index (χ4v) is 3.02. The molecule has 5 heteroatoms.